The van der Waals surface area contributed by atoms with Gasteiger partial charge in [0.2, 0.25) is 0 Å². The Morgan fingerprint density at radius 3 is 2.52 bits per heavy atom. The van der Waals surface area contributed by atoms with Crippen molar-refractivity contribution >= 4 is 40.4 Å². The summed E-state index contributed by atoms with van der Waals surface area (Å²) in [7, 11) is 0. The van der Waals surface area contributed by atoms with Crippen LogP contribution < -0.4 is 10.1 Å². The van der Waals surface area contributed by atoms with E-state index in [1.807, 2.05) is 13.0 Å². The standard InChI is InChI=1S/C23H24Cl3N5O2/c1-12(22-29-28-21-10-20(23(2,3)4)30-31(21)22)27-11-33-19-6-5-13(7-18(19)32)14-8-16(25)17(26)9-15(14)24/h5-10,12,27-28,32H,11H2,1-4H3. The molecule has 0 fully saturated rings. The SMILES string of the molecule is CC(NCOc1ccc(-c2cc(Cl)c(Cl)cc2Cl)cc1O)c1n[nH]c2cc(C(C)(C)C)nn12. The maximum Gasteiger partial charge on any atom is 0.169 e. The summed E-state index contributed by atoms with van der Waals surface area (Å²) >= 11 is 18.4. The van der Waals surface area contributed by atoms with E-state index in [1.54, 1.807) is 34.8 Å². The van der Waals surface area contributed by atoms with Gasteiger partial charge in [0.25, 0.3) is 0 Å². The number of phenolic OH excluding ortho intramolecular Hbond substituents is 1. The molecule has 7 nitrogen and oxygen atoms in total. The van der Waals surface area contributed by atoms with Crippen LogP contribution in [0, 0.1) is 0 Å². The highest BCUT2D eigenvalue weighted by Gasteiger charge is 2.21. The van der Waals surface area contributed by atoms with E-state index >= 15 is 0 Å². The summed E-state index contributed by atoms with van der Waals surface area (Å²) in [6.07, 6.45) is 0. The average Bonchev–Trinajstić information content (AvgIpc) is 3.33. The number of benzene rings is 2. The molecule has 0 amide bonds. The average molecular weight is 509 g/mol. The van der Waals surface area contributed by atoms with Gasteiger partial charge in [-0.05, 0) is 36.8 Å². The number of aromatic hydroxyl groups is 1. The Labute approximate surface area is 206 Å². The maximum atomic E-state index is 10.5. The first-order valence-corrected chi connectivity index (χ1v) is 11.5. The summed E-state index contributed by atoms with van der Waals surface area (Å²) < 4.78 is 7.53. The van der Waals surface area contributed by atoms with E-state index in [9.17, 15) is 5.11 Å². The van der Waals surface area contributed by atoms with Crippen molar-refractivity contribution in [2.24, 2.45) is 0 Å². The van der Waals surface area contributed by atoms with Crippen LogP contribution in [0.5, 0.6) is 11.5 Å². The van der Waals surface area contributed by atoms with Gasteiger partial charge in [-0.2, -0.15) is 14.7 Å². The minimum Gasteiger partial charge on any atom is -0.504 e. The molecule has 174 valence electrons. The van der Waals surface area contributed by atoms with E-state index in [2.05, 4.69) is 41.4 Å². The van der Waals surface area contributed by atoms with Gasteiger partial charge in [0, 0.05) is 22.1 Å². The third kappa shape index (κ3) is 4.92. The van der Waals surface area contributed by atoms with Gasteiger partial charge in [-0.3, -0.25) is 10.4 Å². The Morgan fingerprint density at radius 1 is 1.09 bits per heavy atom. The fourth-order valence-corrected chi connectivity index (χ4v) is 3.99. The summed E-state index contributed by atoms with van der Waals surface area (Å²) in [6.45, 7) is 8.47. The lowest BCUT2D eigenvalue weighted by molar-refractivity contribution is 0.253. The molecule has 0 spiro atoms. The second-order valence-electron chi connectivity index (χ2n) is 8.80. The summed E-state index contributed by atoms with van der Waals surface area (Å²) in [4.78, 5) is 0. The Kier molecular flexibility index (Phi) is 6.51. The molecule has 2 heterocycles. The van der Waals surface area contributed by atoms with Gasteiger partial charge in [-0.15, -0.1) is 0 Å². The number of nitrogens with zero attached hydrogens (tertiary/aromatic N) is 3. The smallest absolute Gasteiger partial charge is 0.169 e. The Hall–Kier alpha value is -2.45. The minimum atomic E-state index is -0.150. The zero-order valence-electron chi connectivity index (χ0n) is 18.6. The molecule has 1 unspecified atom stereocenters. The summed E-state index contributed by atoms with van der Waals surface area (Å²) in [5.74, 6) is 1.04. The molecule has 0 bridgehead atoms. The molecule has 10 heteroatoms. The van der Waals surface area contributed by atoms with Crippen molar-refractivity contribution in [2.75, 3.05) is 6.73 Å². The first-order valence-electron chi connectivity index (χ1n) is 10.3. The van der Waals surface area contributed by atoms with Crippen molar-refractivity contribution in [2.45, 2.75) is 39.2 Å². The lowest BCUT2D eigenvalue weighted by Crippen LogP contribution is -2.25. The number of aromatic amines is 1. The first kappa shape index (κ1) is 23.7. The zero-order chi connectivity index (χ0) is 23.9. The predicted molar refractivity (Wildman–Crippen MR) is 132 cm³/mol. The number of nitrogens with one attached hydrogen (secondary N) is 2. The molecular formula is C23H24Cl3N5O2. The van der Waals surface area contributed by atoms with E-state index in [4.69, 9.17) is 39.5 Å². The minimum absolute atomic E-state index is 0.0202. The lowest BCUT2D eigenvalue weighted by Gasteiger charge is -2.15. The Bertz CT molecular complexity index is 1310. The van der Waals surface area contributed by atoms with Crippen molar-refractivity contribution < 1.29 is 9.84 Å². The predicted octanol–water partition coefficient (Wildman–Crippen LogP) is 6.37. The van der Waals surface area contributed by atoms with Crippen molar-refractivity contribution in [3.05, 3.63) is 63.0 Å². The number of fused-ring (bicyclic) bond motifs is 1. The highest BCUT2D eigenvalue weighted by Crippen LogP contribution is 2.38. The number of aromatic nitrogens is 4. The maximum absolute atomic E-state index is 10.5. The molecule has 33 heavy (non-hydrogen) atoms. The molecule has 0 aliphatic carbocycles. The molecule has 0 saturated carbocycles. The lowest BCUT2D eigenvalue weighted by atomic mass is 9.93. The van der Waals surface area contributed by atoms with Crippen LogP contribution in [0.3, 0.4) is 0 Å². The fraction of sp³-hybridized carbons (Fsp3) is 0.304. The Morgan fingerprint density at radius 2 is 1.82 bits per heavy atom. The van der Waals surface area contributed by atoms with Crippen LogP contribution in [0.4, 0.5) is 0 Å². The number of H-pyrrole nitrogens is 1. The van der Waals surface area contributed by atoms with Crippen LogP contribution in [-0.4, -0.2) is 31.6 Å². The van der Waals surface area contributed by atoms with Crippen LogP contribution in [0.2, 0.25) is 15.1 Å². The Balaban J connectivity index is 1.43. The second-order valence-corrected chi connectivity index (χ2v) is 10.0. The molecule has 2 aromatic carbocycles. The van der Waals surface area contributed by atoms with Crippen LogP contribution in [0.15, 0.2) is 36.4 Å². The van der Waals surface area contributed by atoms with Gasteiger partial charge < -0.3 is 9.84 Å². The number of ether oxygens (including phenoxy) is 1. The normalized spacial score (nSPS) is 12.9. The summed E-state index contributed by atoms with van der Waals surface area (Å²) in [5.41, 5.74) is 3.11. The third-order valence-corrected chi connectivity index (χ3v) is 6.30. The van der Waals surface area contributed by atoms with Gasteiger partial charge in [0.05, 0.1) is 21.8 Å². The van der Waals surface area contributed by atoms with Crippen LogP contribution in [0.25, 0.3) is 16.8 Å². The molecule has 2 aromatic heterocycles. The van der Waals surface area contributed by atoms with Crippen molar-refractivity contribution in [1.29, 1.82) is 0 Å². The molecule has 0 radical (unpaired) electrons. The summed E-state index contributed by atoms with van der Waals surface area (Å²) in [6, 6.07) is 10.1. The molecule has 1 atom stereocenters. The molecule has 0 aliphatic heterocycles. The van der Waals surface area contributed by atoms with E-state index in [-0.39, 0.29) is 23.9 Å². The third-order valence-electron chi connectivity index (χ3n) is 5.26. The van der Waals surface area contributed by atoms with E-state index in [0.29, 0.717) is 31.9 Å². The monoisotopic (exact) mass is 507 g/mol. The van der Waals surface area contributed by atoms with Crippen molar-refractivity contribution in [1.82, 2.24) is 25.1 Å². The van der Waals surface area contributed by atoms with Crippen LogP contribution in [0.1, 0.15) is 45.3 Å². The van der Waals surface area contributed by atoms with E-state index in [1.165, 1.54) is 0 Å². The second kappa shape index (κ2) is 9.06. The van der Waals surface area contributed by atoms with Gasteiger partial charge in [0.15, 0.2) is 23.0 Å². The molecule has 0 saturated heterocycles. The highest BCUT2D eigenvalue weighted by molar-refractivity contribution is 6.44. The highest BCUT2D eigenvalue weighted by atomic mass is 35.5. The first-order chi connectivity index (χ1) is 15.5. The molecule has 4 aromatic rings. The molecule has 3 N–H and O–H groups in total. The van der Waals surface area contributed by atoms with Gasteiger partial charge in [0.1, 0.15) is 6.73 Å². The van der Waals surface area contributed by atoms with Crippen LogP contribution >= 0.6 is 34.8 Å². The van der Waals surface area contributed by atoms with Crippen LogP contribution in [-0.2, 0) is 5.41 Å². The van der Waals surface area contributed by atoms with Gasteiger partial charge >= 0.3 is 0 Å². The topological polar surface area (TPSA) is 87.5 Å². The zero-order valence-corrected chi connectivity index (χ0v) is 20.8. The van der Waals surface area contributed by atoms with E-state index in [0.717, 1.165) is 17.2 Å². The van der Waals surface area contributed by atoms with E-state index < -0.39 is 0 Å². The number of halogens is 3. The number of hydrogen-bond donors (Lipinski definition) is 3. The van der Waals surface area contributed by atoms with Gasteiger partial charge in [-0.25, -0.2) is 0 Å². The van der Waals surface area contributed by atoms with Crippen molar-refractivity contribution in [3.63, 3.8) is 0 Å². The quantitative estimate of drug-likeness (QED) is 0.208. The molecular weight excluding hydrogens is 485 g/mol. The largest absolute Gasteiger partial charge is 0.504 e. The molecule has 0 aliphatic rings. The molecule has 4 rings (SSSR count). The summed E-state index contributed by atoms with van der Waals surface area (Å²) in [5, 5.41) is 26.9. The number of phenols is 1. The number of hydrogen-bond acceptors (Lipinski definition) is 5. The fourth-order valence-electron chi connectivity index (χ4n) is 3.33. The van der Waals surface area contributed by atoms with Gasteiger partial charge in [-0.1, -0.05) is 61.6 Å². The number of rotatable bonds is 6. The van der Waals surface area contributed by atoms with Crippen molar-refractivity contribution in [3.8, 4) is 22.6 Å².